The van der Waals surface area contributed by atoms with Crippen LogP contribution in [0.15, 0.2) is 27.8 Å². The molecule has 6 heteroatoms. The van der Waals surface area contributed by atoms with E-state index in [2.05, 4.69) is 25.7 Å². The van der Waals surface area contributed by atoms with Gasteiger partial charge >= 0.3 is 5.97 Å². The maximum atomic E-state index is 11.0. The van der Waals surface area contributed by atoms with Crippen LogP contribution in [0.2, 0.25) is 0 Å². The lowest BCUT2D eigenvalue weighted by Gasteiger charge is -2.08. The predicted octanol–water partition coefficient (Wildman–Crippen LogP) is 1.44. The van der Waals surface area contributed by atoms with Crippen molar-refractivity contribution in [3.63, 3.8) is 0 Å². The monoisotopic (exact) mass is 290 g/mol. The Morgan fingerprint density at radius 3 is 3.13 bits per heavy atom. The molecule has 0 saturated carbocycles. The van der Waals surface area contributed by atoms with Crippen molar-refractivity contribution >= 4 is 33.7 Å². The SMILES string of the molecule is COC(=O)C(N)CSc1ncccc1Br. The molecule has 0 bridgehead atoms. The number of pyridine rings is 1. The first-order valence-corrected chi connectivity index (χ1v) is 5.99. The van der Waals surface area contributed by atoms with E-state index in [1.54, 1.807) is 6.20 Å². The number of thioether (sulfide) groups is 1. The fourth-order valence-electron chi connectivity index (χ4n) is 0.866. The highest BCUT2D eigenvalue weighted by molar-refractivity contribution is 9.10. The molecule has 1 heterocycles. The molecule has 0 amide bonds. The lowest BCUT2D eigenvalue weighted by atomic mass is 10.4. The average molecular weight is 291 g/mol. The maximum absolute atomic E-state index is 11.0. The number of hydrogen-bond donors (Lipinski definition) is 1. The first-order valence-electron chi connectivity index (χ1n) is 4.22. The third kappa shape index (κ3) is 3.81. The van der Waals surface area contributed by atoms with Gasteiger partial charge in [0, 0.05) is 16.4 Å². The molecule has 0 radical (unpaired) electrons. The van der Waals surface area contributed by atoms with Crippen LogP contribution in [-0.4, -0.2) is 29.9 Å². The van der Waals surface area contributed by atoms with Gasteiger partial charge < -0.3 is 10.5 Å². The minimum Gasteiger partial charge on any atom is -0.468 e. The second kappa shape index (κ2) is 6.09. The number of rotatable bonds is 4. The van der Waals surface area contributed by atoms with E-state index < -0.39 is 12.0 Å². The molecule has 0 saturated heterocycles. The van der Waals surface area contributed by atoms with Crippen molar-refractivity contribution in [2.45, 2.75) is 11.1 Å². The predicted molar refractivity (Wildman–Crippen MR) is 62.7 cm³/mol. The summed E-state index contributed by atoms with van der Waals surface area (Å²) in [6.07, 6.45) is 1.69. The van der Waals surface area contributed by atoms with Gasteiger partial charge in [0.25, 0.3) is 0 Å². The van der Waals surface area contributed by atoms with Gasteiger partial charge in [-0.25, -0.2) is 4.98 Å². The Labute approximate surface area is 101 Å². The fraction of sp³-hybridized carbons (Fsp3) is 0.333. The first-order chi connectivity index (χ1) is 7.15. The third-order valence-corrected chi connectivity index (χ3v) is 3.66. The number of nitrogens with zero attached hydrogens (tertiary/aromatic N) is 1. The van der Waals surface area contributed by atoms with Crippen molar-refractivity contribution < 1.29 is 9.53 Å². The number of carbonyl (C=O) groups is 1. The summed E-state index contributed by atoms with van der Waals surface area (Å²) >= 11 is 4.78. The van der Waals surface area contributed by atoms with E-state index in [0.717, 1.165) is 9.50 Å². The van der Waals surface area contributed by atoms with Gasteiger partial charge in [-0.3, -0.25) is 4.79 Å². The highest BCUT2D eigenvalue weighted by Gasteiger charge is 2.14. The largest absolute Gasteiger partial charge is 0.468 e. The highest BCUT2D eigenvalue weighted by Crippen LogP contribution is 2.24. The number of esters is 1. The van der Waals surface area contributed by atoms with E-state index in [-0.39, 0.29) is 0 Å². The number of hydrogen-bond acceptors (Lipinski definition) is 5. The summed E-state index contributed by atoms with van der Waals surface area (Å²) in [5.41, 5.74) is 5.59. The van der Waals surface area contributed by atoms with Crippen molar-refractivity contribution in [3.8, 4) is 0 Å². The lowest BCUT2D eigenvalue weighted by Crippen LogP contribution is -2.33. The minimum atomic E-state index is -0.617. The summed E-state index contributed by atoms with van der Waals surface area (Å²) in [5.74, 6) is 0.0389. The molecular weight excluding hydrogens is 280 g/mol. The summed E-state index contributed by atoms with van der Waals surface area (Å²) in [6.45, 7) is 0. The molecule has 1 atom stereocenters. The van der Waals surface area contributed by atoms with Gasteiger partial charge in [-0.1, -0.05) is 0 Å². The molecule has 4 nitrogen and oxygen atoms in total. The molecule has 0 aliphatic carbocycles. The van der Waals surface area contributed by atoms with Gasteiger partial charge in [0.2, 0.25) is 0 Å². The molecule has 0 aromatic carbocycles. The second-order valence-electron chi connectivity index (χ2n) is 2.73. The van der Waals surface area contributed by atoms with Gasteiger partial charge in [-0.2, -0.15) is 0 Å². The number of nitrogens with two attached hydrogens (primary N) is 1. The fourth-order valence-corrected chi connectivity index (χ4v) is 2.28. The lowest BCUT2D eigenvalue weighted by molar-refractivity contribution is -0.141. The van der Waals surface area contributed by atoms with Crippen LogP contribution in [0.25, 0.3) is 0 Å². The highest BCUT2D eigenvalue weighted by atomic mass is 79.9. The number of halogens is 1. The van der Waals surface area contributed by atoms with Gasteiger partial charge in [0.15, 0.2) is 0 Å². The van der Waals surface area contributed by atoms with E-state index in [1.165, 1.54) is 18.9 Å². The van der Waals surface area contributed by atoms with Crippen LogP contribution in [-0.2, 0) is 9.53 Å². The van der Waals surface area contributed by atoms with E-state index >= 15 is 0 Å². The molecule has 82 valence electrons. The van der Waals surface area contributed by atoms with Crippen LogP contribution in [0.4, 0.5) is 0 Å². The maximum Gasteiger partial charge on any atom is 0.323 e. The minimum absolute atomic E-state index is 0.408. The quantitative estimate of drug-likeness (QED) is 0.671. The van der Waals surface area contributed by atoms with Crippen molar-refractivity contribution in [2.75, 3.05) is 12.9 Å². The Kier molecular flexibility index (Phi) is 5.07. The zero-order valence-electron chi connectivity index (χ0n) is 8.14. The Bertz CT molecular complexity index is 349. The van der Waals surface area contributed by atoms with E-state index in [9.17, 15) is 4.79 Å². The van der Waals surface area contributed by atoms with Crippen LogP contribution < -0.4 is 5.73 Å². The molecule has 1 unspecified atom stereocenters. The second-order valence-corrected chi connectivity index (χ2v) is 4.59. The van der Waals surface area contributed by atoms with Gasteiger partial charge in [0.1, 0.15) is 11.1 Å². The average Bonchev–Trinajstić information content (AvgIpc) is 2.26. The van der Waals surface area contributed by atoms with Crippen LogP contribution in [0.1, 0.15) is 0 Å². The van der Waals surface area contributed by atoms with Crippen molar-refractivity contribution in [3.05, 3.63) is 22.8 Å². The van der Waals surface area contributed by atoms with Crippen molar-refractivity contribution in [1.29, 1.82) is 0 Å². The van der Waals surface area contributed by atoms with E-state index in [1.807, 2.05) is 12.1 Å². The number of carbonyl (C=O) groups excluding carboxylic acids is 1. The van der Waals surface area contributed by atoms with Crippen LogP contribution in [0, 0.1) is 0 Å². The summed E-state index contributed by atoms with van der Waals surface area (Å²) < 4.78 is 5.42. The van der Waals surface area contributed by atoms with Crippen LogP contribution in [0.5, 0.6) is 0 Å². The Balaban J connectivity index is 2.50. The zero-order chi connectivity index (χ0) is 11.3. The normalized spacial score (nSPS) is 12.2. The summed E-state index contributed by atoms with van der Waals surface area (Å²) in [7, 11) is 1.32. The van der Waals surface area contributed by atoms with E-state index in [0.29, 0.717) is 5.75 Å². The molecule has 1 rings (SSSR count). The molecule has 0 aliphatic heterocycles. The summed E-state index contributed by atoms with van der Waals surface area (Å²) in [5, 5.41) is 0.817. The standard InChI is InChI=1S/C9H11BrN2O2S/c1-14-9(13)7(11)5-15-8-6(10)3-2-4-12-8/h2-4,7H,5,11H2,1H3. The topological polar surface area (TPSA) is 65.2 Å². The number of ether oxygens (including phenoxy) is 1. The molecule has 2 N–H and O–H groups in total. The van der Waals surface area contributed by atoms with Crippen molar-refractivity contribution in [1.82, 2.24) is 4.98 Å². The Hall–Kier alpha value is -0.590. The van der Waals surface area contributed by atoms with Gasteiger partial charge in [-0.05, 0) is 28.1 Å². The molecule has 1 aromatic heterocycles. The number of methoxy groups -OCH3 is 1. The van der Waals surface area contributed by atoms with Gasteiger partial charge in [0.05, 0.1) is 7.11 Å². The molecular formula is C9H11BrN2O2S. The third-order valence-electron chi connectivity index (χ3n) is 1.63. The van der Waals surface area contributed by atoms with Gasteiger partial charge in [-0.15, -0.1) is 11.8 Å². The smallest absolute Gasteiger partial charge is 0.323 e. The molecule has 0 aliphatic rings. The van der Waals surface area contributed by atoms with Crippen LogP contribution >= 0.6 is 27.7 Å². The van der Waals surface area contributed by atoms with Crippen molar-refractivity contribution in [2.24, 2.45) is 5.73 Å². The summed E-state index contributed by atoms with van der Waals surface area (Å²) in [6, 6.07) is 3.10. The molecule has 0 spiro atoms. The zero-order valence-corrected chi connectivity index (χ0v) is 10.5. The first kappa shape index (κ1) is 12.5. The summed E-state index contributed by atoms with van der Waals surface area (Å²) in [4.78, 5) is 15.2. The molecule has 15 heavy (non-hydrogen) atoms. The molecule has 1 aromatic rings. The molecule has 0 fully saturated rings. The Morgan fingerprint density at radius 2 is 2.53 bits per heavy atom. The Morgan fingerprint density at radius 1 is 1.80 bits per heavy atom. The number of aromatic nitrogens is 1. The van der Waals surface area contributed by atoms with Crippen LogP contribution in [0.3, 0.4) is 0 Å². The van der Waals surface area contributed by atoms with E-state index in [4.69, 9.17) is 5.73 Å².